The minimum Gasteiger partial charge on any atom is -0.328 e. The van der Waals surface area contributed by atoms with E-state index in [-0.39, 0.29) is 0 Å². The van der Waals surface area contributed by atoms with E-state index in [1.165, 1.54) is 64.2 Å². The van der Waals surface area contributed by atoms with E-state index in [1.54, 1.807) is 0 Å². The Bertz CT molecular complexity index is 226. The zero-order valence-electron chi connectivity index (χ0n) is 14.5. The molecule has 0 aromatic carbocycles. The fraction of sp³-hybridized carbons (Fsp3) is 1.00. The summed E-state index contributed by atoms with van der Waals surface area (Å²) in [5.74, 6) is 3.72. The van der Waals surface area contributed by atoms with E-state index < -0.39 is 0 Å². The summed E-state index contributed by atoms with van der Waals surface area (Å²) in [6.45, 7) is 9.56. The van der Waals surface area contributed by atoms with Crippen molar-refractivity contribution in [3.63, 3.8) is 0 Å². The average molecular weight is 282 g/mol. The molecular formula is C19H39N. The van der Waals surface area contributed by atoms with Gasteiger partial charge in [-0.1, -0.05) is 66.2 Å². The molecule has 2 N–H and O–H groups in total. The van der Waals surface area contributed by atoms with Crippen LogP contribution in [0.1, 0.15) is 91.9 Å². The van der Waals surface area contributed by atoms with E-state index in [2.05, 4.69) is 27.7 Å². The van der Waals surface area contributed by atoms with Crippen molar-refractivity contribution < 1.29 is 0 Å². The minimum absolute atomic E-state index is 0.488. The smallest absolute Gasteiger partial charge is 0.00388 e. The Morgan fingerprint density at radius 3 is 2.05 bits per heavy atom. The van der Waals surface area contributed by atoms with Crippen LogP contribution in [0, 0.1) is 23.7 Å². The molecule has 1 aliphatic carbocycles. The van der Waals surface area contributed by atoms with E-state index in [9.17, 15) is 0 Å². The van der Waals surface area contributed by atoms with Gasteiger partial charge in [0.1, 0.15) is 0 Å². The lowest BCUT2D eigenvalue weighted by Gasteiger charge is -2.30. The average Bonchev–Trinajstić information content (AvgIpc) is 2.34. The Labute approximate surface area is 128 Å². The first-order valence-electron chi connectivity index (χ1n) is 9.28. The topological polar surface area (TPSA) is 26.0 Å². The first-order valence-corrected chi connectivity index (χ1v) is 9.28. The molecule has 1 saturated carbocycles. The maximum atomic E-state index is 6.10. The molecule has 0 saturated heterocycles. The monoisotopic (exact) mass is 281 g/mol. The number of rotatable bonds is 7. The lowest BCUT2D eigenvalue weighted by Crippen LogP contribution is -2.24. The molecule has 2 atom stereocenters. The van der Waals surface area contributed by atoms with Crippen molar-refractivity contribution in [2.45, 2.75) is 97.9 Å². The molecule has 0 spiro atoms. The molecule has 1 nitrogen and oxygen atoms in total. The molecule has 20 heavy (non-hydrogen) atoms. The summed E-state index contributed by atoms with van der Waals surface area (Å²) in [6.07, 6.45) is 13.8. The van der Waals surface area contributed by atoms with Gasteiger partial charge in [-0.25, -0.2) is 0 Å². The second-order valence-corrected chi connectivity index (χ2v) is 7.86. The van der Waals surface area contributed by atoms with Crippen LogP contribution in [0.5, 0.6) is 0 Å². The maximum Gasteiger partial charge on any atom is 0.00388 e. The lowest BCUT2D eigenvalue weighted by atomic mass is 9.76. The third-order valence-electron chi connectivity index (χ3n) is 5.39. The van der Waals surface area contributed by atoms with Crippen molar-refractivity contribution in [2.24, 2.45) is 29.4 Å². The van der Waals surface area contributed by atoms with E-state index >= 15 is 0 Å². The van der Waals surface area contributed by atoms with Crippen LogP contribution < -0.4 is 5.73 Å². The van der Waals surface area contributed by atoms with E-state index in [4.69, 9.17) is 5.73 Å². The van der Waals surface area contributed by atoms with Crippen LogP contribution >= 0.6 is 0 Å². The van der Waals surface area contributed by atoms with Crippen LogP contribution in [-0.2, 0) is 0 Å². The van der Waals surface area contributed by atoms with Crippen LogP contribution in [0.2, 0.25) is 0 Å². The number of hydrogen-bond acceptors (Lipinski definition) is 1. The van der Waals surface area contributed by atoms with Gasteiger partial charge in [-0.15, -0.1) is 0 Å². The van der Waals surface area contributed by atoms with Gasteiger partial charge in [0, 0.05) is 6.04 Å². The quantitative estimate of drug-likeness (QED) is 0.629. The van der Waals surface area contributed by atoms with Crippen LogP contribution in [-0.4, -0.2) is 6.04 Å². The third kappa shape index (κ3) is 7.11. The summed E-state index contributed by atoms with van der Waals surface area (Å²) >= 11 is 0. The SMILES string of the molecule is CCC(CCC(C)CC(C)C)C1CCCC(N)CCC1. The van der Waals surface area contributed by atoms with Crippen LogP contribution in [0.3, 0.4) is 0 Å². The van der Waals surface area contributed by atoms with Crippen molar-refractivity contribution in [2.75, 3.05) is 0 Å². The Hall–Kier alpha value is -0.0400. The lowest BCUT2D eigenvalue weighted by molar-refractivity contribution is 0.223. The molecule has 120 valence electrons. The molecule has 0 bridgehead atoms. The van der Waals surface area contributed by atoms with Crippen LogP contribution in [0.4, 0.5) is 0 Å². The van der Waals surface area contributed by atoms with Gasteiger partial charge in [0.15, 0.2) is 0 Å². The van der Waals surface area contributed by atoms with E-state index in [0.29, 0.717) is 6.04 Å². The number of hydrogen-bond donors (Lipinski definition) is 1. The standard InChI is InChI=1S/C19H39N/c1-5-17(13-12-16(4)14-15(2)3)18-8-6-10-19(20)11-7-9-18/h15-19H,5-14,20H2,1-4H3. The minimum atomic E-state index is 0.488. The number of nitrogens with two attached hydrogens (primary N) is 1. The predicted molar refractivity (Wildman–Crippen MR) is 90.8 cm³/mol. The second kappa shape index (κ2) is 9.82. The van der Waals surface area contributed by atoms with Gasteiger partial charge >= 0.3 is 0 Å². The summed E-state index contributed by atoms with van der Waals surface area (Å²) in [5.41, 5.74) is 6.10. The fourth-order valence-corrected chi connectivity index (χ4v) is 4.24. The van der Waals surface area contributed by atoms with Crippen molar-refractivity contribution in [1.29, 1.82) is 0 Å². The normalized spacial score (nSPS) is 27.9. The molecule has 1 heteroatoms. The second-order valence-electron chi connectivity index (χ2n) is 7.86. The Morgan fingerprint density at radius 1 is 0.950 bits per heavy atom. The predicted octanol–water partition coefficient (Wildman–Crippen LogP) is 5.77. The molecule has 0 heterocycles. The molecule has 0 aliphatic heterocycles. The van der Waals surface area contributed by atoms with Gasteiger partial charge in [0.25, 0.3) is 0 Å². The maximum absolute atomic E-state index is 6.10. The Kier molecular flexibility index (Phi) is 8.84. The molecule has 0 aromatic rings. The molecule has 1 aliphatic rings. The highest BCUT2D eigenvalue weighted by Gasteiger charge is 2.22. The first kappa shape index (κ1) is 18.0. The van der Waals surface area contributed by atoms with Gasteiger partial charge in [-0.05, 0) is 49.4 Å². The molecule has 1 rings (SSSR count). The van der Waals surface area contributed by atoms with Gasteiger partial charge in [-0.3, -0.25) is 0 Å². The summed E-state index contributed by atoms with van der Waals surface area (Å²) in [4.78, 5) is 0. The molecule has 0 amide bonds. The zero-order valence-corrected chi connectivity index (χ0v) is 14.5. The van der Waals surface area contributed by atoms with Crippen molar-refractivity contribution in [3.05, 3.63) is 0 Å². The van der Waals surface area contributed by atoms with E-state index in [1.807, 2.05) is 0 Å². The van der Waals surface area contributed by atoms with E-state index in [0.717, 1.165) is 23.7 Å². The molecule has 1 fully saturated rings. The highest BCUT2D eigenvalue weighted by Crippen LogP contribution is 2.34. The largest absolute Gasteiger partial charge is 0.328 e. The Balaban J connectivity index is 2.36. The van der Waals surface area contributed by atoms with Gasteiger partial charge in [-0.2, -0.15) is 0 Å². The molecule has 2 unspecified atom stereocenters. The molecule has 0 aromatic heterocycles. The highest BCUT2D eigenvalue weighted by molar-refractivity contribution is 4.75. The Morgan fingerprint density at radius 2 is 1.55 bits per heavy atom. The summed E-state index contributed by atoms with van der Waals surface area (Å²) < 4.78 is 0. The third-order valence-corrected chi connectivity index (χ3v) is 5.39. The highest BCUT2D eigenvalue weighted by atomic mass is 14.6. The fourth-order valence-electron chi connectivity index (χ4n) is 4.24. The van der Waals surface area contributed by atoms with Gasteiger partial charge in [0.05, 0.1) is 0 Å². The van der Waals surface area contributed by atoms with Crippen molar-refractivity contribution >= 4 is 0 Å². The van der Waals surface area contributed by atoms with Crippen molar-refractivity contribution in [3.8, 4) is 0 Å². The molecular weight excluding hydrogens is 242 g/mol. The zero-order chi connectivity index (χ0) is 15.0. The summed E-state index contributed by atoms with van der Waals surface area (Å²) in [5, 5.41) is 0. The van der Waals surface area contributed by atoms with Crippen LogP contribution in [0.15, 0.2) is 0 Å². The van der Waals surface area contributed by atoms with Gasteiger partial charge < -0.3 is 5.73 Å². The molecule has 0 radical (unpaired) electrons. The van der Waals surface area contributed by atoms with Crippen LogP contribution in [0.25, 0.3) is 0 Å². The van der Waals surface area contributed by atoms with Gasteiger partial charge in [0.2, 0.25) is 0 Å². The first-order chi connectivity index (χ1) is 9.52. The summed E-state index contributed by atoms with van der Waals surface area (Å²) in [7, 11) is 0. The van der Waals surface area contributed by atoms with Crippen molar-refractivity contribution in [1.82, 2.24) is 0 Å². The summed E-state index contributed by atoms with van der Waals surface area (Å²) in [6, 6.07) is 0.488.